The minimum Gasteiger partial charge on any atom is -0.281 e. The van der Waals surface area contributed by atoms with Crippen molar-refractivity contribution >= 4 is 16.8 Å². The smallest absolute Gasteiger partial charge is 0.221 e. The highest BCUT2D eigenvalue weighted by atomic mass is 35.5. The van der Waals surface area contributed by atoms with E-state index in [-0.39, 0.29) is 5.24 Å². The minimum absolute atomic E-state index is 0.205. The van der Waals surface area contributed by atoms with Gasteiger partial charge in [-0.15, -0.1) is 0 Å². The van der Waals surface area contributed by atoms with Gasteiger partial charge in [-0.1, -0.05) is 30.3 Å². The van der Waals surface area contributed by atoms with E-state index < -0.39 is 0 Å². The normalized spacial score (nSPS) is 24.6. The van der Waals surface area contributed by atoms with Gasteiger partial charge in [0.2, 0.25) is 5.24 Å². The molecule has 1 aliphatic carbocycles. The van der Waals surface area contributed by atoms with E-state index in [1.807, 2.05) is 6.07 Å². The minimum atomic E-state index is -0.205. The lowest BCUT2D eigenvalue weighted by molar-refractivity contribution is -0.111. The molecule has 74 valence electrons. The van der Waals surface area contributed by atoms with E-state index in [9.17, 15) is 4.79 Å². The third-order valence-electron chi connectivity index (χ3n) is 2.86. The number of rotatable bonds is 4. The van der Waals surface area contributed by atoms with Gasteiger partial charge in [-0.25, -0.2) is 0 Å². The fourth-order valence-corrected chi connectivity index (χ4v) is 2.08. The fourth-order valence-electron chi connectivity index (χ4n) is 1.97. The Labute approximate surface area is 89.1 Å². The number of halogens is 1. The molecule has 0 aliphatic heterocycles. The van der Waals surface area contributed by atoms with Gasteiger partial charge in [0, 0.05) is 6.42 Å². The zero-order chi connectivity index (χ0) is 9.97. The van der Waals surface area contributed by atoms with Crippen LogP contribution in [0.5, 0.6) is 0 Å². The van der Waals surface area contributed by atoms with E-state index >= 15 is 0 Å². The van der Waals surface area contributed by atoms with Crippen molar-refractivity contribution in [1.29, 1.82) is 0 Å². The predicted octanol–water partition coefficient (Wildman–Crippen LogP) is 3.34. The molecular weight excluding hydrogens is 196 g/mol. The number of hydrogen-bond acceptors (Lipinski definition) is 1. The second kappa shape index (κ2) is 4.14. The lowest BCUT2D eigenvalue weighted by Gasteiger charge is -1.98. The average Bonchev–Trinajstić information content (AvgIpc) is 2.95. The van der Waals surface area contributed by atoms with Crippen LogP contribution in [0.25, 0.3) is 0 Å². The molecule has 1 aliphatic rings. The van der Waals surface area contributed by atoms with Gasteiger partial charge in [0.15, 0.2) is 0 Å². The van der Waals surface area contributed by atoms with E-state index in [0.29, 0.717) is 18.3 Å². The second-order valence-corrected chi connectivity index (χ2v) is 4.33. The maximum absolute atomic E-state index is 10.6. The van der Waals surface area contributed by atoms with Crippen molar-refractivity contribution in [3.8, 4) is 0 Å². The lowest BCUT2D eigenvalue weighted by atomic mass is 10.1. The monoisotopic (exact) mass is 208 g/mol. The van der Waals surface area contributed by atoms with Gasteiger partial charge in [0.1, 0.15) is 0 Å². The van der Waals surface area contributed by atoms with Crippen LogP contribution in [0, 0.1) is 5.92 Å². The molecule has 0 spiro atoms. The molecule has 0 N–H and O–H groups in total. The van der Waals surface area contributed by atoms with Crippen molar-refractivity contribution in [3.63, 3.8) is 0 Å². The van der Waals surface area contributed by atoms with Crippen LogP contribution in [-0.2, 0) is 4.79 Å². The molecule has 1 saturated carbocycles. The standard InChI is InChI=1S/C12H13ClO/c13-12(14)7-6-10-8-11(10)9-4-2-1-3-5-9/h1-5,10-11H,6-8H2/t10-,11+/m0/s1. The highest BCUT2D eigenvalue weighted by Gasteiger charge is 2.37. The van der Waals surface area contributed by atoms with Crippen LogP contribution in [0.1, 0.15) is 30.7 Å². The third kappa shape index (κ3) is 2.36. The Morgan fingerprint density at radius 3 is 2.71 bits per heavy atom. The largest absolute Gasteiger partial charge is 0.281 e. The first-order valence-corrected chi connectivity index (χ1v) is 5.38. The van der Waals surface area contributed by atoms with Gasteiger partial charge in [-0.05, 0) is 41.8 Å². The predicted molar refractivity (Wildman–Crippen MR) is 57.4 cm³/mol. The summed E-state index contributed by atoms with van der Waals surface area (Å²) in [6.45, 7) is 0. The number of benzene rings is 1. The molecule has 1 fully saturated rings. The number of carbonyl (C=O) groups is 1. The summed E-state index contributed by atoms with van der Waals surface area (Å²) in [5.74, 6) is 1.35. The molecule has 1 aromatic carbocycles. The van der Waals surface area contributed by atoms with Gasteiger partial charge in [0.05, 0.1) is 0 Å². The summed E-state index contributed by atoms with van der Waals surface area (Å²) in [5, 5.41) is -0.205. The van der Waals surface area contributed by atoms with Crippen molar-refractivity contribution in [2.75, 3.05) is 0 Å². The summed E-state index contributed by atoms with van der Waals surface area (Å²) in [4.78, 5) is 10.6. The van der Waals surface area contributed by atoms with Crippen molar-refractivity contribution in [1.82, 2.24) is 0 Å². The lowest BCUT2D eigenvalue weighted by Crippen LogP contribution is -1.89. The van der Waals surface area contributed by atoms with Crippen LogP contribution in [0.4, 0.5) is 0 Å². The van der Waals surface area contributed by atoms with E-state index in [4.69, 9.17) is 11.6 Å². The highest BCUT2D eigenvalue weighted by molar-refractivity contribution is 6.63. The van der Waals surface area contributed by atoms with E-state index in [1.165, 1.54) is 12.0 Å². The molecule has 2 atom stereocenters. The molecule has 0 saturated heterocycles. The van der Waals surface area contributed by atoms with Crippen LogP contribution in [-0.4, -0.2) is 5.24 Å². The summed E-state index contributed by atoms with van der Waals surface area (Å²) in [6.07, 6.45) is 2.69. The van der Waals surface area contributed by atoms with E-state index in [1.54, 1.807) is 0 Å². The Morgan fingerprint density at radius 2 is 2.07 bits per heavy atom. The van der Waals surface area contributed by atoms with Crippen LogP contribution < -0.4 is 0 Å². The van der Waals surface area contributed by atoms with Crippen LogP contribution in [0.15, 0.2) is 30.3 Å². The molecule has 1 nitrogen and oxygen atoms in total. The molecule has 2 heteroatoms. The summed E-state index contributed by atoms with van der Waals surface area (Å²) in [7, 11) is 0. The topological polar surface area (TPSA) is 17.1 Å². The maximum Gasteiger partial charge on any atom is 0.221 e. The first-order chi connectivity index (χ1) is 6.77. The summed E-state index contributed by atoms with van der Waals surface area (Å²) < 4.78 is 0. The summed E-state index contributed by atoms with van der Waals surface area (Å²) >= 11 is 5.30. The molecule has 14 heavy (non-hydrogen) atoms. The highest BCUT2D eigenvalue weighted by Crippen LogP contribution is 2.49. The molecule has 0 radical (unpaired) electrons. The molecular formula is C12H13ClO. The van der Waals surface area contributed by atoms with Gasteiger partial charge in [-0.2, -0.15) is 0 Å². The van der Waals surface area contributed by atoms with Crippen molar-refractivity contribution < 1.29 is 4.79 Å². The molecule has 0 amide bonds. The Kier molecular flexibility index (Phi) is 2.87. The van der Waals surface area contributed by atoms with Crippen LogP contribution in [0.2, 0.25) is 0 Å². The van der Waals surface area contributed by atoms with Crippen molar-refractivity contribution in [2.45, 2.75) is 25.2 Å². The van der Waals surface area contributed by atoms with Crippen molar-refractivity contribution in [2.24, 2.45) is 5.92 Å². The van der Waals surface area contributed by atoms with Gasteiger partial charge >= 0.3 is 0 Å². The molecule has 0 unspecified atom stereocenters. The quantitative estimate of drug-likeness (QED) is 0.694. The number of carbonyl (C=O) groups excluding carboxylic acids is 1. The Balaban J connectivity index is 1.85. The van der Waals surface area contributed by atoms with Gasteiger partial charge < -0.3 is 0 Å². The zero-order valence-electron chi connectivity index (χ0n) is 7.95. The Hall–Kier alpha value is -0.820. The zero-order valence-corrected chi connectivity index (χ0v) is 8.70. The average molecular weight is 209 g/mol. The first kappa shape index (κ1) is 9.72. The molecule has 2 rings (SSSR count). The van der Waals surface area contributed by atoms with Gasteiger partial charge in [0.25, 0.3) is 0 Å². The molecule has 0 heterocycles. The summed E-state index contributed by atoms with van der Waals surface area (Å²) in [5.41, 5.74) is 1.40. The Morgan fingerprint density at radius 1 is 1.36 bits per heavy atom. The molecule has 1 aromatic rings. The Bertz CT molecular complexity index is 320. The molecule has 0 bridgehead atoms. The third-order valence-corrected chi connectivity index (χ3v) is 3.05. The van der Waals surface area contributed by atoms with Crippen LogP contribution >= 0.6 is 11.6 Å². The van der Waals surface area contributed by atoms with Crippen LogP contribution in [0.3, 0.4) is 0 Å². The van der Waals surface area contributed by atoms with Crippen molar-refractivity contribution in [3.05, 3.63) is 35.9 Å². The maximum atomic E-state index is 10.6. The van der Waals surface area contributed by atoms with E-state index in [2.05, 4.69) is 24.3 Å². The van der Waals surface area contributed by atoms with E-state index in [0.717, 1.165) is 6.42 Å². The molecule has 0 aromatic heterocycles. The summed E-state index contributed by atoms with van der Waals surface area (Å²) in [6, 6.07) is 10.5. The fraction of sp³-hybridized carbons (Fsp3) is 0.417. The SMILES string of the molecule is O=C(Cl)CC[C@H]1C[C@@H]1c1ccccc1. The van der Waals surface area contributed by atoms with Gasteiger partial charge in [-0.3, -0.25) is 4.79 Å². The number of hydrogen-bond donors (Lipinski definition) is 0. The first-order valence-electron chi connectivity index (χ1n) is 5.00. The second-order valence-electron chi connectivity index (χ2n) is 3.91.